The lowest BCUT2D eigenvalue weighted by Gasteiger charge is -2.40. The zero-order valence-corrected chi connectivity index (χ0v) is 19.1. The van der Waals surface area contributed by atoms with E-state index >= 15 is 0 Å². The molecule has 184 valence electrons. The molecule has 0 aromatic carbocycles. The molecule has 13 nitrogen and oxygen atoms in total. The Morgan fingerprint density at radius 1 is 1.16 bits per heavy atom. The number of aliphatic hydroxyl groups is 2. The lowest BCUT2D eigenvalue weighted by Crippen LogP contribution is -2.54. The minimum Gasteiger partial charge on any atom is -0.394 e. The summed E-state index contributed by atoms with van der Waals surface area (Å²) in [6.07, 6.45) is -5.52. The van der Waals surface area contributed by atoms with Gasteiger partial charge in [0.2, 0.25) is 0 Å². The highest BCUT2D eigenvalue weighted by Crippen LogP contribution is 2.37. The van der Waals surface area contributed by atoms with E-state index in [1.807, 2.05) is 6.92 Å². The van der Waals surface area contributed by atoms with Crippen molar-refractivity contribution in [2.45, 2.75) is 102 Å². The summed E-state index contributed by atoms with van der Waals surface area (Å²) >= 11 is 0. The highest BCUT2D eigenvalue weighted by Gasteiger charge is 2.54. The summed E-state index contributed by atoms with van der Waals surface area (Å²) in [6, 6.07) is -2.54. The first-order valence-corrected chi connectivity index (χ1v) is 10.7. The lowest BCUT2D eigenvalue weighted by molar-refractivity contribution is -0.257. The second-order valence-corrected chi connectivity index (χ2v) is 8.44. The van der Waals surface area contributed by atoms with Crippen molar-refractivity contribution in [2.24, 2.45) is 26.6 Å². The van der Waals surface area contributed by atoms with Gasteiger partial charge in [0.15, 0.2) is 11.8 Å². The molecule has 0 aliphatic carbocycles. The topological polar surface area (TPSA) is 186 Å². The van der Waals surface area contributed by atoms with Crippen LogP contribution in [0.25, 0.3) is 0 Å². The standard InChI is InChI=1S/C19H34N4O9/c1-6-10(2)30-15(9-24)17(11(3)12(4)25)32-18-19(5,23-29)16(22-28)7-13(21-27)14(31-18)8-20-26/h10-18,24-25H,6-9H2,1-5H3/t10?,11?,12-,13?,14?,15?,16-,17?,18?,19-/m1/s1. The van der Waals surface area contributed by atoms with Crippen LogP contribution in [0.5, 0.6) is 0 Å². The maximum Gasteiger partial charge on any atom is 0.189 e. The first kappa shape index (κ1) is 28.2. The van der Waals surface area contributed by atoms with E-state index in [9.17, 15) is 29.8 Å². The van der Waals surface area contributed by atoms with Crippen LogP contribution in [0.15, 0.2) is 20.7 Å². The van der Waals surface area contributed by atoms with Gasteiger partial charge in [0.1, 0.15) is 30.8 Å². The van der Waals surface area contributed by atoms with Crippen LogP contribution >= 0.6 is 0 Å². The third-order valence-corrected chi connectivity index (χ3v) is 6.15. The molecule has 0 saturated carbocycles. The van der Waals surface area contributed by atoms with Gasteiger partial charge in [-0.05, 0) is 27.2 Å². The van der Waals surface area contributed by atoms with Crippen molar-refractivity contribution in [1.29, 1.82) is 0 Å². The molecule has 7 unspecified atom stereocenters. The van der Waals surface area contributed by atoms with Crippen LogP contribution in [-0.4, -0.2) is 77.8 Å². The summed E-state index contributed by atoms with van der Waals surface area (Å²) in [7, 11) is 0. The molecule has 1 fully saturated rings. The molecular formula is C19H34N4O9. The smallest absolute Gasteiger partial charge is 0.189 e. The zero-order chi connectivity index (χ0) is 24.5. The van der Waals surface area contributed by atoms with Crippen LogP contribution in [0.2, 0.25) is 0 Å². The van der Waals surface area contributed by atoms with Gasteiger partial charge in [0.05, 0.1) is 24.9 Å². The Balaban J connectivity index is 3.44. The fraction of sp³-hybridized carbons (Fsp3) is 1.00. The van der Waals surface area contributed by atoms with Gasteiger partial charge in [-0.3, -0.25) is 0 Å². The number of nitrogens with zero attached hydrogens (tertiary/aromatic N) is 4. The Hall–Kier alpha value is -1.80. The highest BCUT2D eigenvalue weighted by molar-refractivity contribution is 5.05. The average Bonchev–Trinajstić information content (AvgIpc) is 2.89. The first-order chi connectivity index (χ1) is 15.1. The van der Waals surface area contributed by atoms with Gasteiger partial charge in [-0.2, -0.15) is 14.7 Å². The molecule has 0 aromatic rings. The van der Waals surface area contributed by atoms with Crippen LogP contribution in [0.1, 0.15) is 47.5 Å². The number of nitroso groups, excluding NO2 is 4. The van der Waals surface area contributed by atoms with Gasteiger partial charge in [0, 0.05) is 12.3 Å². The molecule has 0 aromatic heterocycles. The van der Waals surface area contributed by atoms with Crippen molar-refractivity contribution >= 4 is 0 Å². The molecule has 0 amide bonds. The lowest BCUT2D eigenvalue weighted by atomic mass is 9.88. The second kappa shape index (κ2) is 13.0. The van der Waals surface area contributed by atoms with Gasteiger partial charge >= 0.3 is 0 Å². The van der Waals surface area contributed by atoms with E-state index in [1.54, 1.807) is 13.8 Å². The quantitative estimate of drug-likeness (QED) is 0.365. The number of aliphatic hydroxyl groups excluding tert-OH is 2. The van der Waals surface area contributed by atoms with Gasteiger partial charge in [-0.15, -0.1) is 4.91 Å². The normalized spacial score (nSPS) is 33.2. The van der Waals surface area contributed by atoms with E-state index in [1.165, 1.54) is 13.8 Å². The van der Waals surface area contributed by atoms with Crippen molar-refractivity contribution < 1.29 is 24.4 Å². The summed E-state index contributed by atoms with van der Waals surface area (Å²) in [5.74, 6) is -0.621. The molecule has 13 heteroatoms. The van der Waals surface area contributed by atoms with Gasteiger partial charge in [-0.25, -0.2) is 0 Å². The molecule has 0 bridgehead atoms. The van der Waals surface area contributed by atoms with E-state index in [2.05, 4.69) is 20.7 Å². The molecule has 1 saturated heterocycles. The minimum atomic E-state index is -1.89. The largest absolute Gasteiger partial charge is 0.394 e. The minimum absolute atomic E-state index is 0.259. The predicted octanol–water partition coefficient (Wildman–Crippen LogP) is 2.24. The van der Waals surface area contributed by atoms with Gasteiger partial charge < -0.3 is 24.4 Å². The molecule has 2 N–H and O–H groups in total. The molecule has 1 aliphatic rings. The molecule has 1 rings (SSSR count). The highest BCUT2D eigenvalue weighted by atomic mass is 16.7. The molecule has 10 atom stereocenters. The number of hydrogen-bond donors (Lipinski definition) is 2. The first-order valence-electron chi connectivity index (χ1n) is 10.7. The van der Waals surface area contributed by atoms with Crippen LogP contribution in [0.4, 0.5) is 0 Å². The summed E-state index contributed by atoms with van der Waals surface area (Å²) in [5, 5.41) is 31.8. The average molecular weight is 463 g/mol. The number of rotatable bonds is 14. The van der Waals surface area contributed by atoms with Crippen molar-refractivity contribution in [1.82, 2.24) is 0 Å². The Bertz CT molecular complexity index is 626. The van der Waals surface area contributed by atoms with E-state index in [0.717, 1.165) is 0 Å². The van der Waals surface area contributed by atoms with Crippen molar-refractivity contribution in [3.63, 3.8) is 0 Å². The second-order valence-electron chi connectivity index (χ2n) is 8.44. The summed E-state index contributed by atoms with van der Waals surface area (Å²) in [4.78, 5) is 45.7. The Morgan fingerprint density at radius 2 is 1.81 bits per heavy atom. The maximum atomic E-state index is 11.9. The van der Waals surface area contributed by atoms with Crippen molar-refractivity contribution in [3.8, 4) is 0 Å². The number of ether oxygens (including phenoxy) is 3. The van der Waals surface area contributed by atoms with Gasteiger partial charge in [-0.1, -0.05) is 34.6 Å². The fourth-order valence-corrected chi connectivity index (χ4v) is 3.52. The number of hydrogen-bond acceptors (Lipinski definition) is 13. The molecular weight excluding hydrogens is 428 g/mol. The zero-order valence-electron chi connectivity index (χ0n) is 19.1. The summed E-state index contributed by atoms with van der Waals surface area (Å²) in [6.45, 7) is 7.17. The Labute approximate surface area is 186 Å². The van der Waals surface area contributed by atoms with E-state index < -0.39 is 67.4 Å². The maximum absolute atomic E-state index is 11.9. The third-order valence-electron chi connectivity index (χ3n) is 6.15. The van der Waals surface area contributed by atoms with Crippen molar-refractivity contribution in [3.05, 3.63) is 19.6 Å². The van der Waals surface area contributed by atoms with E-state index in [4.69, 9.17) is 14.2 Å². The molecule has 0 spiro atoms. The fourth-order valence-electron chi connectivity index (χ4n) is 3.52. The third kappa shape index (κ3) is 6.61. The Morgan fingerprint density at radius 3 is 2.25 bits per heavy atom. The molecule has 1 aliphatic heterocycles. The Kier molecular flexibility index (Phi) is 11.5. The summed E-state index contributed by atoms with van der Waals surface area (Å²) in [5.41, 5.74) is -1.89. The van der Waals surface area contributed by atoms with Crippen LogP contribution in [0.3, 0.4) is 0 Å². The van der Waals surface area contributed by atoms with E-state index in [0.29, 0.717) is 6.42 Å². The van der Waals surface area contributed by atoms with Crippen LogP contribution < -0.4 is 0 Å². The van der Waals surface area contributed by atoms with Crippen LogP contribution in [0, 0.1) is 25.5 Å². The predicted molar refractivity (Wildman–Crippen MR) is 115 cm³/mol. The van der Waals surface area contributed by atoms with Crippen molar-refractivity contribution in [2.75, 3.05) is 13.2 Å². The van der Waals surface area contributed by atoms with Gasteiger partial charge in [0.25, 0.3) is 0 Å². The van der Waals surface area contributed by atoms with E-state index in [-0.39, 0.29) is 12.5 Å². The summed E-state index contributed by atoms with van der Waals surface area (Å²) < 4.78 is 17.7. The monoisotopic (exact) mass is 462 g/mol. The molecule has 32 heavy (non-hydrogen) atoms. The molecule has 0 radical (unpaired) electrons. The molecule has 1 heterocycles. The van der Waals surface area contributed by atoms with Crippen LogP contribution in [-0.2, 0) is 14.2 Å². The SMILES string of the molecule is CCC(C)OC(CO)C(OC1OC(CN=O)C(N=O)C[C@@H](N=O)[C@@]1(C)N=O)C(C)[C@@H](C)O.